The predicted molar refractivity (Wildman–Crippen MR) is 46.8 cm³/mol. The van der Waals surface area contributed by atoms with Crippen LogP contribution >= 0.6 is 0 Å². The Labute approximate surface area is 114 Å². The zero-order valence-electron chi connectivity index (χ0n) is 10.3. The Bertz CT molecular complexity index is 405. The summed E-state index contributed by atoms with van der Waals surface area (Å²) in [6.45, 7) is 2.21. The van der Waals surface area contributed by atoms with Crippen molar-refractivity contribution in [3.05, 3.63) is 30.1 Å². The van der Waals surface area contributed by atoms with E-state index < -0.39 is 22.6 Å². The van der Waals surface area contributed by atoms with Crippen molar-refractivity contribution in [3.63, 3.8) is 0 Å². The number of hydrogen-bond donors (Lipinski definition) is 0. The van der Waals surface area contributed by atoms with E-state index in [9.17, 15) is 17.6 Å². The average molecular weight is 322 g/mol. The van der Waals surface area contributed by atoms with Crippen LogP contribution < -0.4 is 23.2 Å². The maximum Gasteiger partial charge on any atom is 0.429 e. The number of rotatable bonds is 3. The molecule has 0 amide bonds. The van der Waals surface area contributed by atoms with Crippen molar-refractivity contribution in [1.29, 1.82) is 0 Å². The molecular formula is C10H12ClF4NO4. The van der Waals surface area contributed by atoms with Crippen LogP contribution in [0.5, 0.6) is 0 Å². The summed E-state index contributed by atoms with van der Waals surface area (Å²) in [6, 6.07) is 4.15. The molecule has 1 aromatic heterocycles. The minimum atomic E-state index is -4.94. The van der Waals surface area contributed by atoms with E-state index in [1.54, 1.807) is 6.07 Å². The summed E-state index contributed by atoms with van der Waals surface area (Å²) >= 11 is 0. The number of hydrogen-bond acceptors (Lipinski definition) is 4. The molecule has 0 fully saturated rings. The maximum absolute atomic E-state index is 13.1. The van der Waals surface area contributed by atoms with Gasteiger partial charge in [0.2, 0.25) is 5.69 Å². The van der Waals surface area contributed by atoms with Gasteiger partial charge in [0.25, 0.3) is 6.17 Å². The molecule has 5 nitrogen and oxygen atoms in total. The smallest absolute Gasteiger partial charge is 0.225 e. The zero-order valence-corrected chi connectivity index (χ0v) is 11.0. The highest BCUT2D eigenvalue weighted by atomic mass is 35.7. The van der Waals surface area contributed by atoms with Crippen LogP contribution in [0.1, 0.15) is 25.2 Å². The molecule has 0 aromatic carbocycles. The monoisotopic (exact) mass is 321 g/mol. The van der Waals surface area contributed by atoms with E-state index in [0.717, 1.165) is 6.07 Å². The molecule has 1 aromatic rings. The molecule has 1 unspecified atom stereocenters. The standard InChI is InChI=1S/C10H12F4N.ClHO4/c1-2-6-15-7-4-3-5-8(15)9(11)10(12,13)14;2-1(3,4)5/h3-5,7,9H,2,6H2,1H3;(H,2,3,4,5)/q+1;/p-1. The van der Waals surface area contributed by atoms with Gasteiger partial charge in [0.1, 0.15) is 6.54 Å². The van der Waals surface area contributed by atoms with Gasteiger partial charge in [-0.1, -0.05) is 6.92 Å². The van der Waals surface area contributed by atoms with Crippen LogP contribution in [0.3, 0.4) is 0 Å². The summed E-state index contributed by atoms with van der Waals surface area (Å²) in [7, 11) is -4.94. The first-order chi connectivity index (χ1) is 8.96. The fourth-order valence-corrected chi connectivity index (χ4v) is 1.33. The van der Waals surface area contributed by atoms with Crippen molar-refractivity contribution in [2.24, 2.45) is 0 Å². The van der Waals surface area contributed by atoms with Gasteiger partial charge in [-0.05, 0) is 6.07 Å². The Hall–Kier alpha value is -1.00. The summed E-state index contributed by atoms with van der Waals surface area (Å²) in [5.74, 6) is 0. The lowest BCUT2D eigenvalue weighted by Gasteiger charge is -2.17. The fraction of sp³-hybridized carbons (Fsp3) is 0.500. The van der Waals surface area contributed by atoms with E-state index in [2.05, 4.69) is 0 Å². The van der Waals surface area contributed by atoms with E-state index in [4.69, 9.17) is 18.6 Å². The van der Waals surface area contributed by atoms with Gasteiger partial charge in [0, 0.05) is 18.6 Å². The molecule has 0 saturated heterocycles. The molecule has 0 spiro atoms. The molecule has 0 aliphatic heterocycles. The lowest BCUT2D eigenvalue weighted by molar-refractivity contribution is -2.00. The van der Waals surface area contributed by atoms with Gasteiger partial charge >= 0.3 is 6.18 Å². The number of pyridine rings is 1. The van der Waals surface area contributed by atoms with Crippen LogP contribution in [0, 0.1) is 10.2 Å². The molecule has 116 valence electrons. The largest absolute Gasteiger partial charge is 0.429 e. The zero-order chi connectivity index (χ0) is 16.0. The third-order valence-corrected chi connectivity index (χ3v) is 1.99. The van der Waals surface area contributed by atoms with E-state index in [1.807, 2.05) is 6.92 Å². The van der Waals surface area contributed by atoms with Crippen LogP contribution in [0.4, 0.5) is 17.6 Å². The third-order valence-electron chi connectivity index (χ3n) is 1.99. The topological polar surface area (TPSA) is 96.1 Å². The molecular weight excluding hydrogens is 310 g/mol. The highest BCUT2D eigenvalue weighted by molar-refractivity contribution is 5.02. The molecule has 0 N–H and O–H groups in total. The molecule has 0 radical (unpaired) electrons. The Morgan fingerprint density at radius 3 is 2.10 bits per heavy atom. The molecule has 0 saturated carbocycles. The van der Waals surface area contributed by atoms with Crippen molar-refractivity contribution in [1.82, 2.24) is 0 Å². The quantitative estimate of drug-likeness (QED) is 0.485. The Kier molecular flexibility index (Phi) is 7.31. The molecule has 1 atom stereocenters. The van der Waals surface area contributed by atoms with Crippen molar-refractivity contribution in [2.75, 3.05) is 0 Å². The van der Waals surface area contributed by atoms with Crippen molar-refractivity contribution >= 4 is 0 Å². The predicted octanol–water partition coefficient (Wildman–Crippen LogP) is -1.80. The summed E-state index contributed by atoms with van der Waals surface area (Å²) in [5.41, 5.74) is -0.341. The molecule has 1 rings (SSSR count). The van der Waals surface area contributed by atoms with Crippen LogP contribution in [-0.2, 0) is 6.54 Å². The van der Waals surface area contributed by atoms with Gasteiger partial charge in [-0.2, -0.15) is 17.7 Å². The van der Waals surface area contributed by atoms with Crippen molar-refractivity contribution in [3.8, 4) is 0 Å². The lowest BCUT2D eigenvalue weighted by Crippen LogP contribution is -2.68. The first kappa shape index (κ1) is 19.0. The van der Waals surface area contributed by atoms with Crippen LogP contribution in [-0.4, -0.2) is 6.18 Å². The molecule has 0 bridgehead atoms. The Balaban J connectivity index is 0.000000621. The second kappa shape index (κ2) is 7.70. The normalized spacial score (nSPS) is 13.4. The number of aryl methyl sites for hydroxylation is 1. The van der Waals surface area contributed by atoms with E-state index in [1.165, 1.54) is 16.8 Å². The first-order valence-corrected chi connectivity index (χ1v) is 6.51. The van der Waals surface area contributed by atoms with Crippen molar-refractivity contribution in [2.45, 2.75) is 32.2 Å². The fourth-order valence-electron chi connectivity index (χ4n) is 1.33. The van der Waals surface area contributed by atoms with Gasteiger partial charge < -0.3 is 0 Å². The SMILES string of the molecule is CCC[n+]1ccccc1C(F)C(F)(F)F.[O-][Cl+3]([O-])([O-])[O-]. The van der Waals surface area contributed by atoms with Gasteiger partial charge in [-0.15, -0.1) is 10.2 Å². The van der Waals surface area contributed by atoms with Crippen LogP contribution in [0.2, 0.25) is 0 Å². The second-order valence-corrected chi connectivity index (χ2v) is 4.36. The Morgan fingerprint density at radius 1 is 1.20 bits per heavy atom. The molecule has 10 heteroatoms. The van der Waals surface area contributed by atoms with E-state index in [0.29, 0.717) is 13.0 Å². The molecule has 0 aliphatic carbocycles. The molecule has 0 aliphatic rings. The average Bonchev–Trinajstić information content (AvgIpc) is 2.26. The third kappa shape index (κ3) is 8.23. The highest BCUT2D eigenvalue weighted by Gasteiger charge is 2.46. The lowest BCUT2D eigenvalue weighted by atomic mass is 10.2. The van der Waals surface area contributed by atoms with Crippen LogP contribution in [0.15, 0.2) is 24.4 Å². The van der Waals surface area contributed by atoms with Gasteiger partial charge in [-0.25, -0.2) is 23.0 Å². The number of aromatic nitrogens is 1. The molecule has 20 heavy (non-hydrogen) atoms. The summed E-state index contributed by atoms with van der Waals surface area (Å²) in [5, 5.41) is 0. The van der Waals surface area contributed by atoms with E-state index >= 15 is 0 Å². The van der Waals surface area contributed by atoms with Crippen molar-refractivity contribution < 1.29 is 51.0 Å². The summed E-state index contributed by atoms with van der Waals surface area (Å²) < 4.78 is 84.8. The molecule has 1 heterocycles. The van der Waals surface area contributed by atoms with Crippen LogP contribution in [0.25, 0.3) is 0 Å². The van der Waals surface area contributed by atoms with Gasteiger partial charge in [0.05, 0.1) is 0 Å². The number of halogens is 5. The number of nitrogens with zero attached hydrogens (tertiary/aromatic N) is 1. The summed E-state index contributed by atoms with van der Waals surface area (Å²) in [6.07, 6.45) is -5.63. The van der Waals surface area contributed by atoms with E-state index in [-0.39, 0.29) is 5.69 Å². The number of alkyl halides is 4. The summed E-state index contributed by atoms with van der Waals surface area (Å²) in [4.78, 5) is 0. The second-order valence-electron chi connectivity index (χ2n) is 3.60. The highest BCUT2D eigenvalue weighted by Crippen LogP contribution is 2.34. The maximum atomic E-state index is 13.1. The first-order valence-electron chi connectivity index (χ1n) is 5.27. The Morgan fingerprint density at radius 2 is 1.70 bits per heavy atom. The van der Waals surface area contributed by atoms with Gasteiger partial charge in [-0.3, -0.25) is 0 Å². The minimum absolute atomic E-state index is 0.341. The minimum Gasteiger partial charge on any atom is -0.225 e. The van der Waals surface area contributed by atoms with Gasteiger partial charge in [0.15, 0.2) is 6.20 Å².